The summed E-state index contributed by atoms with van der Waals surface area (Å²) in [5, 5.41) is 14.1. The standard InChI is InChI=1S/C13H14BrN3O3/c1-7(2)11-12(15-16(3)13(11)18)9-6-8(14)4-5-10(9)17(19)20/h4-7,15H,1-3H3. The van der Waals surface area contributed by atoms with E-state index >= 15 is 0 Å². The summed E-state index contributed by atoms with van der Waals surface area (Å²) in [6.45, 7) is 3.77. The quantitative estimate of drug-likeness (QED) is 0.688. The molecule has 6 nitrogen and oxygen atoms in total. The smallest absolute Gasteiger partial charge is 0.278 e. The Bertz CT molecular complexity index is 731. The van der Waals surface area contributed by atoms with Gasteiger partial charge in [-0.15, -0.1) is 0 Å². The van der Waals surface area contributed by atoms with Crippen LogP contribution in [0.2, 0.25) is 0 Å². The highest BCUT2D eigenvalue weighted by molar-refractivity contribution is 9.10. The summed E-state index contributed by atoms with van der Waals surface area (Å²) in [5.41, 5.74) is 1.26. The Labute approximate surface area is 123 Å². The summed E-state index contributed by atoms with van der Waals surface area (Å²) in [4.78, 5) is 22.8. The van der Waals surface area contributed by atoms with E-state index in [1.165, 1.54) is 10.7 Å². The van der Waals surface area contributed by atoms with Crippen LogP contribution in [0, 0.1) is 10.1 Å². The average molecular weight is 340 g/mol. The van der Waals surface area contributed by atoms with E-state index in [0.29, 0.717) is 16.8 Å². The zero-order valence-electron chi connectivity index (χ0n) is 11.3. The minimum atomic E-state index is -0.447. The number of nitrogens with zero attached hydrogens (tertiary/aromatic N) is 2. The molecule has 0 bridgehead atoms. The molecular weight excluding hydrogens is 326 g/mol. The molecule has 0 aliphatic rings. The van der Waals surface area contributed by atoms with Gasteiger partial charge in [0.05, 0.1) is 16.2 Å². The molecule has 0 amide bonds. The molecule has 0 aliphatic heterocycles. The molecule has 106 valence electrons. The topological polar surface area (TPSA) is 80.9 Å². The second-order valence-electron chi connectivity index (χ2n) is 4.84. The van der Waals surface area contributed by atoms with Gasteiger partial charge >= 0.3 is 0 Å². The lowest BCUT2D eigenvalue weighted by Crippen LogP contribution is -2.16. The summed E-state index contributed by atoms with van der Waals surface area (Å²) in [6, 6.07) is 4.68. The molecular formula is C13H14BrN3O3. The van der Waals surface area contributed by atoms with E-state index in [4.69, 9.17) is 0 Å². The van der Waals surface area contributed by atoms with E-state index in [2.05, 4.69) is 21.0 Å². The lowest BCUT2D eigenvalue weighted by Gasteiger charge is -2.06. The first-order valence-corrected chi connectivity index (χ1v) is 6.85. The minimum Gasteiger partial charge on any atom is -0.295 e. The molecule has 20 heavy (non-hydrogen) atoms. The summed E-state index contributed by atoms with van der Waals surface area (Å²) in [5.74, 6) is -0.0338. The van der Waals surface area contributed by atoms with Gasteiger partial charge in [-0.05, 0) is 18.1 Å². The molecule has 2 rings (SSSR count). The van der Waals surface area contributed by atoms with Crippen LogP contribution in [0.1, 0.15) is 25.3 Å². The molecule has 0 atom stereocenters. The number of aromatic nitrogens is 2. The molecule has 0 unspecified atom stereocenters. The number of hydrogen-bond acceptors (Lipinski definition) is 3. The normalized spacial score (nSPS) is 11.1. The Morgan fingerprint density at radius 2 is 2.05 bits per heavy atom. The molecule has 0 spiro atoms. The average Bonchev–Trinajstić information content (AvgIpc) is 2.65. The van der Waals surface area contributed by atoms with Crippen molar-refractivity contribution in [3.8, 4) is 11.3 Å². The molecule has 1 aromatic carbocycles. The molecule has 0 aliphatic carbocycles. The van der Waals surface area contributed by atoms with Gasteiger partial charge in [0, 0.05) is 23.2 Å². The van der Waals surface area contributed by atoms with Crippen LogP contribution >= 0.6 is 15.9 Å². The van der Waals surface area contributed by atoms with Crippen molar-refractivity contribution in [2.75, 3.05) is 0 Å². The van der Waals surface area contributed by atoms with Gasteiger partial charge in [-0.2, -0.15) is 0 Å². The van der Waals surface area contributed by atoms with Gasteiger partial charge in [-0.1, -0.05) is 29.8 Å². The second-order valence-corrected chi connectivity index (χ2v) is 5.75. The number of nitro groups is 1. The number of rotatable bonds is 3. The Morgan fingerprint density at radius 1 is 1.40 bits per heavy atom. The molecule has 0 saturated carbocycles. The van der Waals surface area contributed by atoms with Crippen LogP contribution in [0.3, 0.4) is 0 Å². The summed E-state index contributed by atoms with van der Waals surface area (Å²) >= 11 is 3.31. The van der Waals surface area contributed by atoms with E-state index in [9.17, 15) is 14.9 Å². The van der Waals surface area contributed by atoms with Crippen molar-refractivity contribution < 1.29 is 4.92 Å². The highest BCUT2D eigenvalue weighted by Crippen LogP contribution is 2.34. The zero-order chi connectivity index (χ0) is 15.0. The van der Waals surface area contributed by atoms with Crippen LogP contribution in [-0.2, 0) is 7.05 Å². The predicted molar refractivity (Wildman–Crippen MR) is 79.9 cm³/mol. The Hall–Kier alpha value is -1.89. The number of nitrogens with one attached hydrogen (secondary N) is 1. The van der Waals surface area contributed by atoms with Crippen LogP contribution in [0.5, 0.6) is 0 Å². The van der Waals surface area contributed by atoms with Crippen LogP contribution in [0.4, 0.5) is 5.69 Å². The number of hydrogen-bond donors (Lipinski definition) is 1. The number of aromatic amines is 1. The highest BCUT2D eigenvalue weighted by Gasteiger charge is 2.23. The maximum Gasteiger partial charge on any atom is 0.278 e. The Balaban J connectivity index is 2.81. The van der Waals surface area contributed by atoms with E-state index in [0.717, 1.165) is 4.47 Å². The maximum absolute atomic E-state index is 12.1. The predicted octanol–water partition coefficient (Wildman–Crippen LogP) is 3.17. The lowest BCUT2D eigenvalue weighted by atomic mass is 9.98. The molecule has 0 fully saturated rings. The van der Waals surface area contributed by atoms with Crippen LogP contribution < -0.4 is 5.56 Å². The first kappa shape index (κ1) is 14.5. The molecule has 1 aromatic heterocycles. The number of halogens is 1. The van der Waals surface area contributed by atoms with E-state index < -0.39 is 4.92 Å². The molecule has 1 N–H and O–H groups in total. The number of H-pyrrole nitrogens is 1. The fraction of sp³-hybridized carbons (Fsp3) is 0.308. The molecule has 1 heterocycles. The number of aryl methyl sites for hydroxylation is 1. The number of nitro benzene ring substituents is 1. The van der Waals surface area contributed by atoms with Crippen LogP contribution in [-0.4, -0.2) is 14.7 Å². The van der Waals surface area contributed by atoms with E-state index in [1.54, 1.807) is 19.2 Å². The van der Waals surface area contributed by atoms with Gasteiger partial charge in [-0.25, -0.2) is 0 Å². The van der Waals surface area contributed by atoms with Gasteiger partial charge in [0.1, 0.15) is 0 Å². The largest absolute Gasteiger partial charge is 0.295 e. The Kier molecular flexibility index (Phi) is 3.80. The van der Waals surface area contributed by atoms with Crippen molar-refractivity contribution in [2.24, 2.45) is 7.05 Å². The van der Waals surface area contributed by atoms with Gasteiger partial charge < -0.3 is 0 Å². The van der Waals surface area contributed by atoms with Crippen molar-refractivity contribution in [3.05, 3.63) is 48.7 Å². The van der Waals surface area contributed by atoms with Crippen molar-refractivity contribution in [3.63, 3.8) is 0 Å². The van der Waals surface area contributed by atoms with Gasteiger partial charge in [0.25, 0.3) is 11.2 Å². The third-order valence-corrected chi connectivity index (χ3v) is 3.58. The molecule has 2 aromatic rings. The van der Waals surface area contributed by atoms with Gasteiger partial charge in [0.2, 0.25) is 0 Å². The monoisotopic (exact) mass is 339 g/mol. The lowest BCUT2D eigenvalue weighted by molar-refractivity contribution is -0.384. The fourth-order valence-electron chi connectivity index (χ4n) is 2.17. The minimum absolute atomic E-state index is 0.0306. The first-order valence-electron chi connectivity index (χ1n) is 6.06. The van der Waals surface area contributed by atoms with Gasteiger partial charge in [-0.3, -0.25) is 24.7 Å². The van der Waals surface area contributed by atoms with Crippen molar-refractivity contribution in [1.29, 1.82) is 0 Å². The molecule has 7 heteroatoms. The molecule has 0 radical (unpaired) electrons. The fourth-order valence-corrected chi connectivity index (χ4v) is 2.54. The zero-order valence-corrected chi connectivity index (χ0v) is 12.9. The number of benzene rings is 1. The van der Waals surface area contributed by atoms with Gasteiger partial charge in [0.15, 0.2) is 0 Å². The Morgan fingerprint density at radius 3 is 2.60 bits per heavy atom. The van der Waals surface area contributed by atoms with E-state index in [1.807, 2.05) is 13.8 Å². The van der Waals surface area contributed by atoms with Crippen molar-refractivity contribution >= 4 is 21.6 Å². The SMILES string of the molecule is CC(C)c1c(-c2cc(Br)ccc2[N+](=O)[O-])[nH]n(C)c1=O. The van der Waals surface area contributed by atoms with Crippen molar-refractivity contribution in [2.45, 2.75) is 19.8 Å². The third-order valence-electron chi connectivity index (χ3n) is 3.09. The maximum atomic E-state index is 12.1. The molecule has 0 saturated heterocycles. The van der Waals surface area contributed by atoms with Crippen LogP contribution in [0.25, 0.3) is 11.3 Å². The third kappa shape index (κ3) is 2.40. The second kappa shape index (κ2) is 5.24. The summed E-state index contributed by atoms with van der Waals surface area (Å²) < 4.78 is 2.06. The first-order chi connectivity index (χ1) is 9.32. The van der Waals surface area contributed by atoms with E-state index in [-0.39, 0.29) is 17.2 Å². The summed E-state index contributed by atoms with van der Waals surface area (Å²) in [6.07, 6.45) is 0. The summed E-state index contributed by atoms with van der Waals surface area (Å²) in [7, 11) is 1.60. The van der Waals surface area contributed by atoms with Crippen LogP contribution in [0.15, 0.2) is 27.5 Å². The van der Waals surface area contributed by atoms with Crippen molar-refractivity contribution in [1.82, 2.24) is 9.78 Å². The highest BCUT2D eigenvalue weighted by atomic mass is 79.9.